The first-order chi connectivity index (χ1) is 9.24. The van der Waals surface area contributed by atoms with E-state index in [4.69, 9.17) is 5.26 Å². The van der Waals surface area contributed by atoms with Crippen molar-refractivity contribution in [1.29, 1.82) is 5.26 Å². The van der Waals surface area contributed by atoms with Crippen molar-refractivity contribution in [2.24, 2.45) is 0 Å². The van der Waals surface area contributed by atoms with Crippen LogP contribution >= 0.6 is 0 Å². The molecule has 0 saturated carbocycles. The van der Waals surface area contributed by atoms with Gasteiger partial charge in [-0.1, -0.05) is 6.92 Å². The molecule has 0 saturated heterocycles. The number of nitro benzene ring substituents is 1. The fourth-order valence-electron chi connectivity index (χ4n) is 1.39. The van der Waals surface area contributed by atoms with Gasteiger partial charge in [-0.2, -0.15) is 9.65 Å². The third kappa shape index (κ3) is 3.06. The summed E-state index contributed by atoms with van der Waals surface area (Å²) >= 11 is 0. The fourth-order valence-corrected chi connectivity index (χ4v) is 1.39. The van der Waals surface area contributed by atoms with Crippen LogP contribution in [0.3, 0.4) is 0 Å². The molecular formula is C12H11F2N3O3. The van der Waals surface area contributed by atoms with Crippen molar-refractivity contribution in [2.75, 3.05) is 0 Å². The standard InChI is InChI=1S/C12H11F2N3O3/c1-3-12(2,6-15)16-11(18)8-4-7(13)5-9(10(8)14)17(19)20/h4-5H,3H2,1-2H3,(H,16,18). The third-order valence-corrected chi connectivity index (χ3v) is 2.80. The lowest BCUT2D eigenvalue weighted by Crippen LogP contribution is -2.44. The first-order valence-electron chi connectivity index (χ1n) is 5.61. The number of halogens is 2. The van der Waals surface area contributed by atoms with E-state index < -0.39 is 39.3 Å². The van der Waals surface area contributed by atoms with E-state index in [9.17, 15) is 23.7 Å². The minimum atomic E-state index is -1.44. The Balaban J connectivity index is 3.24. The van der Waals surface area contributed by atoms with E-state index in [0.29, 0.717) is 12.1 Å². The van der Waals surface area contributed by atoms with Crippen molar-refractivity contribution in [3.8, 4) is 6.07 Å². The number of hydrogen-bond acceptors (Lipinski definition) is 4. The average Bonchev–Trinajstić information content (AvgIpc) is 2.40. The summed E-state index contributed by atoms with van der Waals surface area (Å²) in [7, 11) is 0. The van der Waals surface area contributed by atoms with Crippen LogP contribution in [0.2, 0.25) is 0 Å². The molecule has 6 nitrogen and oxygen atoms in total. The molecule has 8 heteroatoms. The highest BCUT2D eigenvalue weighted by Crippen LogP contribution is 2.23. The van der Waals surface area contributed by atoms with E-state index in [-0.39, 0.29) is 6.42 Å². The molecule has 1 rings (SSSR count). The van der Waals surface area contributed by atoms with E-state index in [1.807, 2.05) is 6.07 Å². The third-order valence-electron chi connectivity index (χ3n) is 2.80. The van der Waals surface area contributed by atoms with Gasteiger partial charge in [-0.05, 0) is 19.4 Å². The second-order valence-corrected chi connectivity index (χ2v) is 4.30. The van der Waals surface area contributed by atoms with E-state index in [2.05, 4.69) is 5.32 Å². The molecule has 0 bridgehead atoms. The minimum absolute atomic E-state index is 0.230. The number of amides is 1. The van der Waals surface area contributed by atoms with Crippen molar-refractivity contribution < 1.29 is 18.5 Å². The summed E-state index contributed by atoms with van der Waals surface area (Å²) < 4.78 is 27.0. The van der Waals surface area contributed by atoms with Gasteiger partial charge in [-0.15, -0.1) is 0 Å². The molecule has 0 aromatic heterocycles. The molecule has 1 N–H and O–H groups in total. The molecule has 0 radical (unpaired) electrons. The predicted octanol–water partition coefficient (Wildman–Crippen LogP) is 2.30. The molecule has 20 heavy (non-hydrogen) atoms. The molecular weight excluding hydrogens is 272 g/mol. The number of carbonyl (C=O) groups is 1. The second kappa shape index (κ2) is 5.61. The maximum absolute atomic E-state index is 13.8. The molecule has 0 heterocycles. The van der Waals surface area contributed by atoms with Crippen LogP contribution in [0.25, 0.3) is 0 Å². The predicted molar refractivity (Wildman–Crippen MR) is 64.8 cm³/mol. The van der Waals surface area contributed by atoms with Gasteiger partial charge in [0.05, 0.1) is 22.6 Å². The summed E-state index contributed by atoms with van der Waals surface area (Å²) in [6, 6.07) is 2.75. The summed E-state index contributed by atoms with van der Waals surface area (Å²) in [5.41, 5.74) is -3.22. The Hall–Kier alpha value is -2.56. The van der Waals surface area contributed by atoms with Crippen LogP contribution in [0.4, 0.5) is 14.5 Å². The molecule has 106 valence electrons. The lowest BCUT2D eigenvalue weighted by Gasteiger charge is -2.21. The average molecular weight is 283 g/mol. The largest absolute Gasteiger partial charge is 0.334 e. The fraction of sp³-hybridized carbons (Fsp3) is 0.333. The lowest BCUT2D eigenvalue weighted by atomic mass is 10.0. The van der Waals surface area contributed by atoms with Crippen LogP contribution in [0, 0.1) is 33.1 Å². The first-order valence-corrected chi connectivity index (χ1v) is 5.61. The summed E-state index contributed by atoms with van der Waals surface area (Å²) in [6.45, 7) is 3.02. The Morgan fingerprint density at radius 1 is 1.55 bits per heavy atom. The Labute approximate surface area is 113 Å². The van der Waals surface area contributed by atoms with Crippen molar-refractivity contribution in [3.05, 3.63) is 39.4 Å². The minimum Gasteiger partial charge on any atom is -0.334 e. The van der Waals surface area contributed by atoms with Gasteiger partial charge in [0.1, 0.15) is 11.4 Å². The van der Waals surface area contributed by atoms with Crippen LogP contribution in [-0.4, -0.2) is 16.4 Å². The van der Waals surface area contributed by atoms with Crippen LogP contribution < -0.4 is 5.32 Å². The zero-order valence-electron chi connectivity index (χ0n) is 10.7. The highest BCUT2D eigenvalue weighted by atomic mass is 19.1. The number of nitro groups is 1. The van der Waals surface area contributed by atoms with E-state index in [0.717, 1.165) is 0 Å². The molecule has 0 aliphatic carbocycles. The quantitative estimate of drug-likeness (QED) is 0.677. The highest BCUT2D eigenvalue weighted by molar-refractivity contribution is 5.95. The number of benzene rings is 1. The number of nitriles is 1. The van der Waals surface area contributed by atoms with Gasteiger partial charge in [0.2, 0.25) is 5.82 Å². The van der Waals surface area contributed by atoms with E-state index >= 15 is 0 Å². The normalized spacial score (nSPS) is 13.2. The summed E-state index contributed by atoms with van der Waals surface area (Å²) in [4.78, 5) is 21.3. The Morgan fingerprint density at radius 3 is 2.60 bits per heavy atom. The van der Waals surface area contributed by atoms with Gasteiger partial charge in [0, 0.05) is 0 Å². The van der Waals surface area contributed by atoms with Gasteiger partial charge in [0.25, 0.3) is 5.91 Å². The zero-order valence-corrected chi connectivity index (χ0v) is 10.7. The molecule has 0 spiro atoms. The molecule has 1 aromatic rings. The van der Waals surface area contributed by atoms with Crippen molar-refractivity contribution in [2.45, 2.75) is 25.8 Å². The maximum atomic E-state index is 13.8. The number of hydrogen-bond donors (Lipinski definition) is 1. The van der Waals surface area contributed by atoms with Crippen molar-refractivity contribution >= 4 is 11.6 Å². The number of nitrogens with zero attached hydrogens (tertiary/aromatic N) is 2. The van der Waals surface area contributed by atoms with Gasteiger partial charge in [-0.25, -0.2) is 4.39 Å². The Morgan fingerprint density at radius 2 is 2.15 bits per heavy atom. The van der Waals surface area contributed by atoms with Crippen LogP contribution in [-0.2, 0) is 0 Å². The summed E-state index contributed by atoms with van der Waals surface area (Å²) in [5, 5.41) is 21.7. The number of nitrogens with one attached hydrogen (secondary N) is 1. The van der Waals surface area contributed by atoms with E-state index in [1.165, 1.54) is 6.92 Å². The molecule has 0 fully saturated rings. The van der Waals surface area contributed by atoms with Gasteiger partial charge < -0.3 is 5.32 Å². The van der Waals surface area contributed by atoms with E-state index in [1.54, 1.807) is 6.92 Å². The molecule has 0 aliphatic heterocycles. The van der Waals surface area contributed by atoms with Gasteiger partial charge in [0.15, 0.2) is 0 Å². The molecule has 1 amide bonds. The molecule has 0 aliphatic rings. The second-order valence-electron chi connectivity index (χ2n) is 4.30. The molecule has 1 atom stereocenters. The number of carbonyl (C=O) groups excluding carboxylic acids is 1. The van der Waals surface area contributed by atoms with Crippen LogP contribution in [0.5, 0.6) is 0 Å². The molecule has 1 aromatic carbocycles. The summed E-state index contributed by atoms with van der Waals surface area (Å²) in [5.74, 6) is -3.64. The number of rotatable bonds is 4. The maximum Gasteiger partial charge on any atom is 0.308 e. The SMILES string of the molecule is CCC(C)(C#N)NC(=O)c1cc(F)cc([N+](=O)[O-])c1F. The Kier molecular flexibility index (Phi) is 4.34. The smallest absolute Gasteiger partial charge is 0.308 e. The van der Waals surface area contributed by atoms with Crippen molar-refractivity contribution in [1.82, 2.24) is 5.32 Å². The van der Waals surface area contributed by atoms with Gasteiger partial charge >= 0.3 is 5.69 Å². The van der Waals surface area contributed by atoms with Gasteiger partial charge in [-0.3, -0.25) is 14.9 Å². The van der Waals surface area contributed by atoms with Crippen LogP contribution in [0.1, 0.15) is 30.6 Å². The highest BCUT2D eigenvalue weighted by Gasteiger charge is 2.29. The van der Waals surface area contributed by atoms with Crippen LogP contribution in [0.15, 0.2) is 12.1 Å². The monoisotopic (exact) mass is 283 g/mol. The van der Waals surface area contributed by atoms with Crippen molar-refractivity contribution in [3.63, 3.8) is 0 Å². The Bertz CT molecular complexity index is 613. The topological polar surface area (TPSA) is 96.0 Å². The summed E-state index contributed by atoms with van der Waals surface area (Å²) in [6.07, 6.45) is 0.230. The molecule has 1 unspecified atom stereocenters. The zero-order chi connectivity index (χ0) is 15.5. The first kappa shape index (κ1) is 15.5. The lowest BCUT2D eigenvalue weighted by molar-refractivity contribution is -0.387.